The summed E-state index contributed by atoms with van der Waals surface area (Å²) in [5.74, 6) is -0.0555. The van der Waals surface area contributed by atoms with Crippen LogP contribution in [0.5, 0.6) is 0 Å². The molecule has 1 unspecified atom stereocenters. The van der Waals surface area contributed by atoms with Crippen LogP contribution in [0.2, 0.25) is 0 Å². The minimum atomic E-state index is -0.406. The maximum Gasteiger partial charge on any atom is 0.365 e. The normalized spacial score (nSPS) is 28.4. The summed E-state index contributed by atoms with van der Waals surface area (Å²) in [5, 5.41) is 4.09. The second-order valence-electron chi connectivity index (χ2n) is 5.52. The zero-order chi connectivity index (χ0) is 14.7. The predicted octanol–water partition coefficient (Wildman–Crippen LogP) is 1.90. The fraction of sp³-hybridized carbons (Fsp3) is 0.467. The van der Waals surface area contributed by atoms with Crippen LogP contribution in [0.15, 0.2) is 33.9 Å². The Morgan fingerprint density at radius 2 is 2.00 bits per heavy atom. The van der Waals surface area contributed by atoms with Gasteiger partial charge in [0.25, 0.3) is 0 Å². The van der Waals surface area contributed by atoms with Crippen molar-refractivity contribution in [1.29, 1.82) is 0 Å². The van der Waals surface area contributed by atoms with E-state index in [0.29, 0.717) is 17.5 Å². The molecule has 1 N–H and O–H groups in total. The molecular weight excluding hydrogens is 320 g/mol. The first-order valence-electron chi connectivity index (χ1n) is 6.83. The molecule has 0 bridgehead atoms. The number of benzene rings is 1. The Balaban J connectivity index is 2.01. The van der Waals surface area contributed by atoms with Crippen LogP contribution in [0.25, 0.3) is 0 Å². The first kappa shape index (κ1) is 15.2. The van der Waals surface area contributed by atoms with Gasteiger partial charge in [0.2, 0.25) is 0 Å². The van der Waals surface area contributed by atoms with E-state index < -0.39 is 5.97 Å². The average Bonchev–Trinajstić information content (AvgIpc) is 2.42. The summed E-state index contributed by atoms with van der Waals surface area (Å²) in [6.45, 7) is 5.34. The Morgan fingerprint density at radius 1 is 1.35 bits per heavy atom. The van der Waals surface area contributed by atoms with E-state index in [1.165, 1.54) is 4.90 Å². The summed E-state index contributed by atoms with van der Waals surface area (Å²) in [5.41, 5.74) is 1.49. The number of carbonyl (C=O) groups is 1. The number of quaternary nitrogens is 1. The van der Waals surface area contributed by atoms with Gasteiger partial charge in [-0.05, 0) is 31.2 Å². The Bertz CT molecular complexity index is 513. The monoisotopic (exact) mass is 339 g/mol. The first-order valence-corrected chi connectivity index (χ1v) is 7.62. The van der Waals surface area contributed by atoms with Gasteiger partial charge in [0.15, 0.2) is 0 Å². The van der Waals surface area contributed by atoms with Crippen molar-refractivity contribution < 1.29 is 14.5 Å². The average molecular weight is 340 g/mol. The molecule has 108 valence electrons. The van der Waals surface area contributed by atoms with Crippen molar-refractivity contribution in [3.8, 4) is 0 Å². The maximum atomic E-state index is 11.9. The highest BCUT2D eigenvalue weighted by atomic mass is 79.9. The number of rotatable bonds is 2. The van der Waals surface area contributed by atoms with Crippen molar-refractivity contribution in [2.45, 2.75) is 26.3 Å². The molecule has 1 aliphatic rings. The van der Waals surface area contributed by atoms with Gasteiger partial charge in [-0.3, -0.25) is 0 Å². The number of carbonyl (C=O) groups excluding carboxylic acids is 1. The van der Waals surface area contributed by atoms with E-state index in [0.717, 1.165) is 23.1 Å². The van der Waals surface area contributed by atoms with E-state index in [4.69, 9.17) is 4.84 Å². The van der Waals surface area contributed by atoms with Crippen LogP contribution in [0, 0.1) is 5.92 Å². The molecule has 4 nitrogen and oxygen atoms in total. The molecule has 1 aromatic rings. The smallest absolute Gasteiger partial charge is 0.334 e. The van der Waals surface area contributed by atoms with Gasteiger partial charge < -0.3 is 9.74 Å². The third-order valence-corrected chi connectivity index (χ3v) is 4.41. The number of likely N-dealkylation sites (tertiary alicyclic amines) is 1. The van der Waals surface area contributed by atoms with Crippen molar-refractivity contribution in [3.05, 3.63) is 34.3 Å². The lowest BCUT2D eigenvalue weighted by Crippen LogP contribution is -3.14. The second kappa shape index (κ2) is 6.50. The summed E-state index contributed by atoms with van der Waals surface area (Å²) >= 11 is 3.33. The SMILES string of the molecule is C[C@@H]1C[NH+](C)[C@H](C)C/C1=N\OC(=O)c1ccc(Br)cc1. The molecule has 0 radical (unpaired) electrons. The predicted molar refractivity (Wildman–Crippen MR) is 82.0 cm³/mol. The van der Waals surface area contributed by atoms with Crippen LogP contribution in [-0.4, -0.2) is 31.3 Å². The molecule has 0 saturated carbocycles. The van der Waals surface area contributed by atoms with E-state index in [1.54, 1.807) is 12.1 Å². The van der Waals surface area contributed by atoms with Gasteiger partial charge >= 0.3 is 5.97 Å². The highest BCUT2D eigenvalue weighted by Gasteiger charge is 2.29. The Kier molecular flexibility index (Phi) is 4.94. The molecule has 1 fully saturated rings. The maximum absolute atomic E-state index is 11.9. The molecule has 2 rings (SSSR count). The second-order valence-corrected chi connectivity index (χ2v) is 6.44. The van der Waals surface area contributed by atoms with E-state index in [9.17, 15) is 4.79 Å². The summed E-state index contributed by atoms with van der Waals surface area (Å²) < 4.78 is 0.932. The molecule has 20 heavy (non-hydrogen) atoms. The molecular formula is C15H20BrN2O2+. The molecule has 0 amide bonds. The largest absolute Gasteiger partial charge is 0.365 e. The van der Waals surface area contributed by atoms with Crippen LogP contribution < -0.4 is 4.90 Å². The molecule has 5 heteroatoms. The van der Waals surface area contributed by atoms with E-state index >= 15 is 0 Å². The number of hydrogen-bond donors (Lipinski definition) is 1. The Morgan fingerprint density at radius 3 is 2.65 bits per heavy atom. The number of nitrogens with zero attached hydrogens (tertiary/aromatic N) is 1. The highest BCUT2D eigenvalue weighted by Crippen LogP contribution is 2.13. The van der Waals surface area contributed by atoms with Gasteiger partial charge in [-0.2, -0.15) is 0 Å². The van der Waals surface area contributed by atoms with Crippen LogP contribution in [0.1, 0.15) is 30.6 Å². The topological polar surface area (TPSA) is 43.1 Å². The van der Waals surface area contributed by atoms with Gasteiger partial charge in [0.05, 0.1) is 30.9 Å². The third-order valence-electron chi connectivity index (χ3n) is 3.88. The molecule has 0 spiro atoms. The number of halogens is 1. The number of oxime groups is 1. The lowest BCUT2D eigenvalue weighted by atomic mass is 9.93. The minimum absolute atomic E-state index is 0.351. The lowest BCUT2D eigenvalue weighted by molar-refractivity contribution is -0.908. The van der Waals surface area contributed by atoms with Crippen molar-refractivity contribution in [2.24, 2.45) is 11.1 Å². The third kappa shape index (κ3) is 3.67. The van der Waals surface area contributed by atoms with Gasteiger partial charge in [-0.15, -0.1) is 0 Å². The van der Waals surface area contributed by atoms with Crippen LogP contribution >= 0.6 is 15.9 Å². The minimum Gasteiger partial charge on any atom is -0.334 e. The molecule has 1 heterocycles. The lowest BCUT2D eigenvalue weighted by Gasteiger charge is -2.31. The van der Waals surface area contributed by atoms with Crippen LogP contribution in [0.3, 0.4) is 0 Å². The van der Waals surface area contributed by atoms with Gasteiger partial charge in [0.1, 0.15) is 0 Å². The van der Waals surface area contributed by atoms with Crippen molar-refractivity contribution in [3.63, 3.8) is 0 Å². The van der Waals surface area contributed by atoms with Crippen molar-refractivity contribution >= 4 is 27.6 Å². The van der Waals surface area contributed by atoms with Crippen molar-refractivity contribution in [1.82, 2.24) is 0 Å². The Hall–Kier alpha value is -1.20. The fourth-order valence-corrected chi connectivity index (χ4v) is 2.62. The summed E-state index contributed by atoms with van der Waals surface area (Å²) in [7, 11) is 2.19. The molecule has 1 aromatic carbocycles. The van der Waals surface area contributed by atoms with Crippen LogP contribution in [-0.2, 0) is 4.84 Å². The fourth-order valence-electron chi connectivity index (χ4n) is 2.36. The molecule has 0 aromatic heterocycles. The summed E-state index contributed by atoms with van der Waals surface area (Å²) in [6.07, 6.45) is 0.876. The number of nitrogens with one attached hydrogen (secondary N) is 1. The van der Waals surface area contributed by atoms with Gasteiger partial charge in [0, 0.05) is 16.8 Å². The summed E-state index contributed by atoms with van der Waals surface area (Å²) in [6, 6.07) is 7.58. The zero-order valence-electron chi connectivity index (χ0n) is 12.0. The van der Waals surface area contributed by atoms with Gasteiger partial charge in [-0.1, -0.05) is 28.0 Å². The highest BCUT2D eigenvalue weighted by molar-refractivity contribution is 9.10. The van der Waals surface area contributed by atoms with Crippen molar-refractivity contribution in [2.75, 3.05) is 13.6 Å². The molecule has 0 aliphatic carbocycles. The molecule has 3 atom stereocenters. The Labute approximate surface area is 127 Å². The van der Waals surface area contributed by atoms with E-state index in [2.05, 4.69) is 42.0 Å². The van der Waals surface area contributed by atoms with E-state index in [1.807, 2.05) is 12.1 Å². The number of hydrogen-bond acceptors (Lipinski definition) is 3. The van der Waals surface area contributed by atoms with Gasteiger partial charge in [-0.25, -0.2) is 4.79 Å². The molecule has 1 aliphatic heterocycles. The first-order chi connectivity index (χ1) is 9.47. The standard InChI is InChI=1S/C15H19BrN2O2/c1-10-9-18(3)11(2)8-14(10)17-20-15(19)12-4-6-13(16)7-5-12/h4-7,10-11H,8-9H2,1-3H3/p+1/b17-14+/t10-,11-/m1/s1. The number of piperidine rings is 1. The van der Waals surface area contributed by atoms with Crippen LogP contribution in [0.4, 0.5) is 0 Å². The van der Waals surface area contributed by atoms with E-state index in [-0.39, 0.29) is 0 Å². The summed E-state index contributed by atoms with van der Waals surface area (Å²) in [4.78, 5) is 18.5. The molecule has 1 saturated heterocycles. The zero-order valence-corrected chi connectivity index (χ0v) is 13.6. The quantitative estimate of drug-likeness (QED) is 0.660.